The summed E-state index contributed by atoms with van der Waals surface area (Å²) in [7, 11) is 1.39. The number of methoxy groups -OCH3 is 1. The van der Waals surface area contributed by atoms with Crippen LogP contribution < -0.4 is 14.8 Å². The van der Waals surface area contributed by atoms with Crippen molar-refractivity contribution in [3.63, 3.8) is 0 Å². The molecule has 1 saturated carbocycles. The summed E-state index contributed by atoms with van der Waals surface area (Å²) in [6, 6.07) is 7.42. The van der Waals surface area contributed by atoms with Crippen LogP contribution in [0.25, 0.3) is 0 Å². The van der Waals surface area contributed by atoms with Crippen molar-refractivity contribution in [2.24, 2.45) is 0 Å². The smallest absolute Gasteiger partial charge is 0.326 e. The predicted molar refractivity (Wildman–Crippen MR) is 79.7 cm³/mol. The van der Waals surface area contributed by atoms with E-state index < -0.39 is 6.04 Å². The van der Waals surface area contributed by atoms with Gasteiger partial charge in [0, 0.05) is 6.04 Å². The van der Waals surface area contributed by atoms with Gasteiger partial charge in [-0.1, -0.05) is 6.92 Å². The molecule has 5 nitrogen and oxygen atoms in total. The largest absolute Gasteiger partial charge is 0.494 e. The van der Waals surface area contributed by atoms with Crippen molar-refractivity contribution in [1.29, 1.82) is 0 Å². The molecule has 0 aliphatic heterocycles. The van der Waals surface area contributed by atoms with E-state index in [1.807, 2.05) is 24.3 Å². The van der Waals surface area contributed by atoms with Gasteiger partial charge in [-0.15, -0.1) is 0 Å². The van der Waals surface area contributed by atoms with E-state index in [1.165, 1.54) is 7.11 Å². The van der Waals surface area contributed by atoms with Crippen molar-refractivity contribution in [2.45, 2.75) is 38.3 Å². The van der Waals surface area contributed by atoms with Gasteiger partial charge in [0.05, 0.1) is 13.7 Å². The first kappa shape index (κ1) is 15.6. The Morgan fingerprint density at radius 1 is 1.24 bits per heavy atom. The van der Waals surface area contributed by atoms with Gasteiger partial charge in [0.2, 0.25) is 0 Å². The van der Waals surface area contributed by atoms with Crippen molar-refractivity contribution < 1.29 is 19.0 Å². The van der Waals surface area contributed by atoms with Crippen LogP contribution in [0.1, 0.15) is 26.2 Å². The summed E-state index contributed by atoms with van der Waals surface area (Å²) in [6.45, 7) is 3.03. The van der Waals surface area contributed by atoms with Crippen LogP contribution in [-0.4, -0.2) is 38.4 Å². The number of nitrogens with one attached hydrogen (secondary N) is 1. The highest BCUT2D eigenvalue weighted by Crippen LogP contribution is 2.21. The van der Waals surface area contributed by atoms with E-state index >= 15 is 0 Å². The minimum Gasteiger partial charge on any atom is -0.494 e. The molecule has 0 heterocycles. The molecule has 0 saturated heterocycles. The van der Waals surface area contributed by atoms with Gasteiger partial charge in [0.1, 0.15) is 24.1 Å². The fourth-order valence-electron chi connectivity index (χ4n) is 1.89. The van der Waals surface area contributed by atoms with Crippen LogP contribution in [-0.2, 0) is 9.53 Å². The lowest BCUT2D eigenvalue weighted by Gasteiger charge is -2.17. The van der Waals surface area contributed by atoms with Crippen LogP contribution in [0.4, 0.5) is 0 Å². The first-order valence-corrected chi connectivity index (χ1v) is 7.42. The Balaban J connectivity index is 1.83. The molecule has 1 atom stereocenters. The zero-order valence-electron chi connectivity index (χ0n) is 12.6. The van der Waals surface area contributed by atoms with Gasteiger partial charge in [-0.05, 0) is 43.5 Å². The van der Waals surface area contributed by atoms with Gasteiger partial charge in [-0.2, -0.15) is 0 Å². The van der Waals surface area contributed by atoms with Crippen LogP contribution in [0.3, 0.4) is 0 Å². The van der Waals surface area contributed by atoms with Crippen molar-refractivity contribution in [1.82, 2.24) is 5.32 Å². The summed E-state index contributed by atoms with van der Waals surface area (Å²) >= 11 is 0. The number of esters is 1. The quantitative estimate of drug-likeness (QED) is 0.707. The molecular weight excluding hydrogens is 270 g/mol. The molecule has 1 fully saturated rings. The Kier molecular flexibility index (Phi) is 5.87. The lowest BCUT2D eigenvalue weighted by atomic mass is 10.3. The molecule has 0 amide bonds. The number of hydrogen-bond acceptors (Lipinski definition) is 5. The molecule has 1 unspecified atom stereocenters. The SMILES string of the molecule is CCCOc1ccc(OCC(NC2CC2)C(=O)OC)cc1. The van der Waals surface area contributed by atoms with E-state index in [0.717, 1.165) is 25.0 Å². The van der Waals surface area contributed by atoms with E-state index in [9.17, 15) is 4.79 Å². The van der Waals surface area contributed by atoms with E-state index in [0.29, 0.717) is 18.4 Å². The fraction of sp³-hybridized carbons (Fsp3) is 0.562. The molecule has 0 aromatic heterocycles. The number of carbonyl (C=O) groups is 1. The zero-order valence-corrected chi connectivity index (χ0v) is 12.6. The molecule has 1 aromatic carbocycles. The number of benzene rings is 1. The predicted octanol–water partition coefficient (Wildman–Crippen LogP) is 2.15. The van der Waals surface area contributed by atoms with E-state index in [4.69, 9.17) is 14.2 Å². The number of hydrogen-bond donors (Lipinski definition) is 1. The van der Waals surface area contributed by atoms with Gasteiger partial charge in [0.25, 0.3) is 0 Å². The number of ether oxygens (including phenoxy) is 3. The minimum absolute atomic E-state index is 0.262. The normalized spacial score (nSPS) is 15.3. The molecule has 1 N–H and O–H groups in total. The molecule has 5 heteroatoms. The maximum atomic E-state index is 11.7. The summed E-state index contributed by atoms with van der Waals surface area (Å²) in [5.74, 6) is 1.25. The highest BCUT2D eigenvalue weighted by molar-refractivity contribution is 5.75. The third-order valence-corrected chi connectivity index (χ3v) is 3.21. The molecule has 1 aliphatic carbocycles. The average Bonchev–Trinajstić information content (AvgIpc) is 3.33. The average molecular weight is 293 g/mol. The first-order chi connectivity index (χ1) is 10.2. The first-order valence-electron chi connectivity index (χ1n) is 7.42. The Hall–Kier alpha value is -1.75. The molecule has 0 radical (unpaired) electrons. The Morgan fingerprint density at radius 3 is 2.38 bits per heavy atom. The third-order valence-electron chi connectivity index (χ3n) is 3.21. The summed E-state index contributed by atoms with van der Waals surface area (Å²) in [6.07, 6.45) is 3.19. The van der Waals surface area contributed by atoms with Crippen LogP contribution >= 0.6 is 0 Å². The number of carbonyl (C=O) groups excluding carboxylic acids is 1. The minimum atomic E-state index is -0.418. The number of rotatable bonds is 9. The molecule has 1 aliphatic rings. The maximum Gasteiger partial charge on any atom is 0.326 e. The van der Waals surface area contributed by atoms with Gasteiger partial charge < -0.3 is 14.2 Å². The van der Waals surface area contributed by atoms with Crippen LogP contribution in [0, 0.1) is 0 Å². The Morgan fingerprint density at radius 2 is 1.86 bits per heavy atom. The standard InChI is InChI=1S/C16H23NO4/c1-3-10-20-13-6-8-14(9-7-13)21-11-15(16(18)19-2)17-12-4-5-12/h6-9,12,15,17H,3-5,10-11H2,1-2H3. The van der Waals surface area contributed by atoms with E-state index in [1.54, 1.807) is 0 Å². The van der Waals surface area contributed by atoms with Crippen molar-refractivity contribution >= 4 is 5.97 Å². The van der Waals surface area contributed by atoms with Crippen LogP contribution in [0.5, 0.6) is 11.5 Å². The van der Waals surface area contributed by atoms with Gasteiger partial charge >= 0.3 is 5.97 Å². The van der Waals surface area contributed by atoms with Gasteiger partial charge in [-0.3, -0.25) is 10.1 Å². The molecule has 1 aromatic rings. The van der Waals surface area contributed by atoms with Gasteiger partial charge in [-0.25, -0.2) is 0 Å². The maximum absolute atomic E-state index is 11.7. The summed E-state index contributed by atoms with van der Waals surface area (Å²) in [5.41, 5.74) is 0. The van der Waals surface area contributed by atoms with E-state index in [2.05, 4.69) is 12.2 Å². The second-order valence-corrected chi connectivity index (χ2v) is 5.15. The third kappa shape index (κ3) is 5.27. The summed E-state index contributed by atoms with van der Waals surface area (Å²) in [5, 5.41) is 3.23. The topological polar surface area (TPSA) is 56.8 Å². The summed E-state index contributed by atoms with van der Waals surface area (Å²) in [4.78, 5) is 11.7. The molecular formula is C16H23NO4. The van der Waals surface area contributed by atoms with Crippen molar-refractivity contribution in [3.05, 3.63) is 24.3 Å². The van der Waals surface area contributed by atoms with Crippen LogP contribution in [0.2, 0.25) is 0 Å². The molecule has 0 spiro atoms. The molecule has 116 valence electrons. The fourth-order valence-corrected chi connectivity index (χ4v) is 1.89. The van der Waals surface area contributed by atoms with Crippen molar-refractivity contribution in [3.8, 4) is 11.5 Å². The highest BCUT2D eigenvalue weighted by atomic mass is 16.5. The molecule has 21 heavy (non-hydrogen) atoms. The lowest BCUT2D eigenvalue weighted by Crippen LogP contribution is -2.43. The van der Waals surface area contributed by atoms with Crippen LogP contribution in [0.15, 0.2) is 24.3 Å². The highest BCUT2D eigenvalue weighted by Gasteiger charge is 2.29. The monoisotopic (exact) mass is 293 g/mol. The molecule has 2 rings (SSSR count). The van der Waals surface area contributed by atoms with Crippen molar-refractivity contribution in [2.75, 3.05) is 20.3 Å². The van der Waals surface area contributed by atoms with Gasteiger partial charge in [0.15, 0.2) is 0 Å². The van der Waals surface area contributed by atoms with E-state index in [-0.39, 0.29) is 12.6 Å². The summed E-state index contributed by atoms with van der Waals surface area (Å²) < 4.78 is 16.0. The second kappa shape index (κ2) is 7.88. The Bertz CT molecular complexity index is 442. The lowest BCUT2D eigenvalue weighted by molar-refractivity contribution is -0.144. The second-order valence-electron chi connectivity index (χ2n) is 5.15. The molecule has 0 bridgehead atoms. The zero-order chi connectivity index (χ0) is 15.1. The Labute approximate surface area is 125 Å².